The van der Waals surface area contributed by atoms with E-state index in [0.717, 1.165) is 4.47 Å². The Kier molecular flexibility index (Phi) is 4.94. The van der Waals surface area contributed by atoms with Gasteiger partial charge in [-0.2, -0.15) is 0 Å². The predicted octanol–water partition coefficient (Wildman–Crippen LogP) is 5.13. The molecule has 0 aromatic heterocycles. The molecular formula is C15H11Br2FO2. The van der Waals surface area contributed by atoms with Gasteiger partial charge in [0.15, 0.2) is 5.78 Å². The zero-order chi connectivity index (χ0) is 14.7. The van der Waals surface area contributed by atoms with Gasteiger partial charge in [0.25, 0.3) is 0 Å². The van der Waals surface area contributed by atoms with Crippen molar-refractivity contribution in [3.8, 4) is 5.75 Å². The number of hydrogen-bond acceptors (Lipinski definition) is 2. The third-order valence-corrected chi connectivity index (χ3v) is 4.12. The Morgan fingerprint density at radius 2 is 2.00 bits per heavy atom. The lowest BCUT2D eigenvalue weighted by atomic mass is 10.1. The fraction of sp³-hybridized carbons (Fsp3) is 0.133. The largest absolute Gasteiger partial charge is 0.488 e. The molecule has 0 atom stereocenters. The van der Waals surface area contributed by atoms with Crippen molar-refractivity contribution < 1.29 is 13.9 Å². The maximum atomic E-state index is 13.4. The maximum Gasteiger partial charge on any atom is 0.163 e. The SMILES string of the molecule is CC(=O)c1ccc(Br)cc1OCc1cccc(F)c1Br. The van der Waals surface area contributed by atoms with Crippen molar-refractivity contribution in [3.05, 3.63) is 62.3 Å². The van der Waals surface area contributed by atoms with Crippen molar-refractivity contribution in [1.29, 1.82) is 0 Å². The number of rotatable bonds is 4. The van der Waals surface area contributed by atoms with E-state index >= 15 is 0 Å². The molecule has 0 spiro atoms. The van der Waals surface area contributed by atoms with Gasteiger partial charge in [-0.15, -0.1) is 0 Å². The monoisotopic (exact) mass is 400 g/mol. The van der Waals surface area contributed by atoms with Crippen LogP contribution in [0.5, 0.6) is 5.75 Å². The van der Waals surface area contributed by atoms with Crippen molar-refractivity contribution in [2.75, 3.05) is 0 Å². The van der Waals surface area contributed by atoms with Gasteiger partial charge in [-0.1, -0.05) is 28.1 Å². The lowest BCUT2D eigenvalue weighted by Gasteiger charge is -2.11. The normalized spacial score (nSPS) is 10.4. The number of Topliss-reactive ketones (excluding diaryl/α,β-unsaturated/α-hetero) is 1. The first-order chi connectivity index (χ1) is 9.49. The Hall–Kier alpha value is -1.20. The van der Waals surface area contributed by atoms with Gasteiger partial charge in [-0.3, -0.25) is 4.79 Å². The van der Waals surface area contributed by atoms with Crippen molar-refractivity contribution in [1.82, 2.24) is 0 Å². The van der Waals surface area contributed by atoms with Gasteiger partial charge in [0.1, 0.15) is 18.2 Å². The molecule has 0 radical (unpaired) electrons. The Morgan fingerprint density at radius 1 is 1.25 bits per heavy atom. The van der Waals surface area contributed by atoms with Crippen molar-refractivity contribution in [2.45, 2.75) is 13.5 Å². The lowest BCUT2D eigenvalue weighted by Crippen LogP contribution is -2.02. The molecule has 2 nitrogen and oxygen atoms in total. The van der Waals surface area contributed by atoms with Crippen LogP contribution in [0.3, 0.4) is 0 Å². The van der Waals surface area contributed by atoms with Crippen molar-refractivity contribution in [3.63, 3.8) is 0 Å². The molecule has 2 aromatic carbocycles. The summed E-state index contributed by atoms with van der Waals surface area (Å²) in [7, 11) is 0. The number of ketones is 1. The van der Waals surface area contributed by atoms with Crippen molar-refractivity contribution in [2.24, 2.45) is 0 Å². The average molecular weight is 402 g/mol. The Bertz CT molecular complexity index is 656. The summed E-state index contributed by atoms with van der Waals surface area (Å²) in [6.07, 6.45) is 0. The molecule has 0 fully saturated rings. The molecule has 0 amide bonds. The quantitative estimate of drug-likeness (QED) is 0.663. The molecule has 0 N–H and O–H groups in total. The van der Waals surface area contributed by atoms with E-state index in [1.54, 1.807) is 30.3 Å². The second kappa shape index (κ2) is 6.50. The highest BCUT2D eigenvalue weighted by molar-refractivity contribution is 9.10. The topological polar surface area (TPSA) is 26.3 Å². The summed E-state index contributed by atoms with van der Waals surface area (Å²) in [6, 6.07) is 9.95. The van der Waals surface area contributed by atoms with Crippen LogP contribution in [0.2, 0.25) is 0 Å². The molecule has 2 aromatic rings. The third-order valence-electron chi connectivity index (χ3n) is 2.74. The Balaban J connectivity index is 2.24. The van der Waals surface area contributed by atoms with Crippen LogP contribution in [-0.2, 0) is 6.61 Å². The highest BCUT2D eigenvalue weighted by atomic mass is 79.9. The van der Waals surface area contributed by atoms with Gasteiger partial charge in [0, 0.05) is 10.0 Å². The minimum absolute atomic E-state index is 0.0780. The van der Waals surface area contributed by atoms with Crippen LogP contribution < -0.4 is 4.74 Å². The third kappa shape index (κ3) is 3.46. The van der Waals surface area contributed by atoms with E-state index in [4.69, 9.17) is 4.74 Å². The van der Waals surface area contributed by atoms with Crippen LogP contribution in [0.4, 0.5) is 4.39 Å². The first-order valence-electron chi connectivity index (χ1n) is 5.85. The molecule has 0 unspecified atom stereocenters. The molecule has 0 saturated heterocycles. The highest BCUT2D eigenvalue weighted by Crippen LogP contribution is 2.27. The Labute approximate surface area is 133 Å². The molecule has 20 heavy (non-hydrogen) atoms. The van der Waals surface area contributed by atoms with Gasteiger partial charge in [-0.05, 0) is 47.1 Å². The average Bonchev–Trinajstić information content (AvgIpc) is 2.40. The van der Waals surface area contributed by atoms with Gasteiger partial charge in [0.2, 0.25) is 0 Å². The van der Waals surface area contributed by atoms with E-state index in [-0.39, 0.29) is 18.2 Å². The summed E-state index contributed by atoms with van der Waals surface area (Å²) in [5.74, 6) is 0.0565. The zero-order valence-electron chi connectivity index (χ0n) is 10.6. The molecular weight excluding hydrogens is 391 g/mol. The number of carbonyl (C=O) groups excluding carboxylic acids is 1. The predicted molar refractivity (Wildman–Crippen MR) is 82.6 cm³/mol. The molecule has 2 rings (SSSR count). The number of benzene rings is 2. The summed E-state index contributed by atoms with van der Waals surface area (Å²) in [5, 5.41) is 0. The van der Waals surface area contributed by atoms with Crippen LogP contribution in [0.25, 0.3) is 0 Å². The summed E-state index contributed by atoms with van der Waals surface area (Å²) in [4.78, 5) is 11.5. The summed E-state index contributed by atoms with van der Waals surface area (Å²) in [6.45, 7) is 1.66. The molecule has 104 valence electrons. The van der Waals surface area contributed by atoms with Crippen LogP contribution in [0.1, 0.15) is 22.8 Å². The number of ether oxygens (including phenoxy) is 1. The summed E-state index contributed by atoms with van der Waals surface area (Å²) in [5.41, 5.74) is 1.18. The van der Waals surface area contributed by atoms with E-state index in [0.29, 0.717) is 21.3 Å². The number of hydrogen-bond donors (Lipinski definition) is 0. The van der Waals surface area contributed by atoms with Crippen LogP contribution >= 0.6 is 31.9 Å². The highest BCUT2D eigenvalue weighted by Gasteiger charge is 2.11. The van der Waals surface area contributed by atoms with E-state index in [1.165, 1.54) is 13.0 Å². The molecule has 0 aliphatic heterocycles. The van der Waals surface area contributed by atoms with Gasteiger partial charge in [-0.25, -0.2) is 4.39 Å². The lowest BCUT2D eigenvalue weighted by molar-refractivity contribution is 0.101. The Morgan fingerprint density at radius 3 is 2.70 bits per heavy atom. The summed E-state index contributed by atoms with van der Waals surface area (Å²) < 4.78 is 20.3. The summed E-state index contributed by atoms with van der Waals surface area (Å²) >= 11 is 6.52. The molecule has 0 heterocycles. The second-order valence-electron chi connectivity index (χ2n) is 4.20. The second-order valence-corrected chi connectivity index (χ2v) is 5.91. The van der Waals surface area contributed by atoms with E-state index in [2.05, 4.69) is 31.9 Å². The fourth-order valence-corrected chi connectivity index (χ4v) is 2.44. The first kappa shape index (κ1) is 15.2. The van der Waals surface area contributed by atoms with E-state index < -0.39 is 0 Å². The standard InChI is InChI=1S/C15H11Br2FO2/c1-9(19)12-6-5-11(16)7-14(12)20-8-10-3-2-4-13(18)15(10)17/h2-7H,8H2,1H3. The molecule has 5 heteroatoms. The van der Waals surface area contributed by atoms with Gasteiger partial charge >= 0.3 is 0 Å². The van der Waals surface area contributed by atoms with Crippen LogP contribution in [0, 0.1) is 5.82 Å². The molecule has 0 aliphatic rings. The first-order valence-corrected chi connectivity index (χ1v) is 7.44. The fourth-order valence-electron chi connectivity index (χ4n) is 1.72. The molecule has 0 bridgehead atoms. The maximum absolute atomic E-state index is 13.4. The molecule has 0 saturated carbocycles. The smallest absolute Gasteiger partial charge is 0.163 e. The van der Waals surface area contributed by atoms with E-state index in [1.807, 2.05) is 0 Å². The van der Waals surface area contributed by atoms with Gasteiger partial charge < -0.3 is 4.74 Å². The van der Waals surface area contributed by atoms with Crippen molar-refractivity contribution >= 4 is 37.6 Å². The minimum Gasteiger partial charge on any atom is -0.488 e. The van der Waals surface area contributed by atoms with Gasteiger partial charge in [0.05, 0.1) is 10.0 Å². The number of carbonyl (C=O) groups is 1. The van der Waals surface area contributed by atoms with E-state index in [9.17, 15) is 9.18 Å². The zero-order valence-corrected chi connectivity index (χ0v) is 13.8. The molecule has 0 aliphatic carbocycles. The van der Waals surface area contributed by atoms with Crippen LogP contribution in [0.15, 0.2) is 45.3 Å². The number of halogens is 3. The van der Waals surface area contributed by atoms with Crippen LogP contribution in [-0.4, -0.2) is 5.78 Å². The minimum atomic E-state index is -0.341.